The summed E-state index contributed by atoms with van der Waals surface area (Å²) in [5.74, 6) is -3.23. The highest BCUT2D eigenvalue weighted by Gasteiger charge is 2.27. The van der Waals surface area contributed by atoms with Gasteiger partial charge in [0.05, 0.1) is 26.0 Å². The van der Waals surface area contributed by atoms with Crippen LogP contribution in [-0.4, -0.2) is 54.5 Å². The Bertz CT molecular complexity index is 1190. The van der Waals surface area contributed by atoms with Gasteiger partial charge >= 0.3 is 0 Å². The molecule has 0 aliphatic carbocycles. The second kappa shape index (κ2) is 9.68. The molecule has 1 aliphatic rings. The summed E-state index contributed by atoms with van der Waals surface area (Å²) < 4.78 is 38.1. The van der Waals surface area contributed by atoms with E-state index in [9.17, 15) is 13.6 Å². The highest BCUT2D eigenvalue weighted by molar-refractivity contribution is 6.04. The lowest BCUT2D eigenvalue weighted by molar-refractivity contribution is 0.0127. The van der Waals surface area contributed by atoms with Gasteiger partial charge in [-0.1, -0.05) is 6.07 Å². The Hall–Kier alpha value is -3.66. The minimum atomic E-state index is -3.14. The molecular formula is C24H25F2N5O3. The number of anilines is 2. The Kier molecular flexibility index (Phi) is 6.69. The zero-order chi connectivity index (χ0) is 24.3. The number of carbonyl (C=O) groups is 1. The van der Waals surface area contributed by atoms with Crippen LogP contribution in [0.5, 0.6) is 5.88 Å². The fourth-order valence-corrected chi connectivity index (χ4v) is 3.67. The molecule has 1 fully saturated rings. The molecule has 1 amide bonds. The summed E-state index contributed by atoms with van der Waals surface area (Å²) in [5, 5.41) is 11.3. The molecule has 0 spiro atoms. The molecule has 1 N–H and O–H groups in total. The number of amides is 1. The van der Waals surface area contributed by atoms with Gasteiger partial charge in [-0.2, -0.15) is 8.78 Å². The van der Waals surface area contributed by atoms with E-state index in [0.29, 0.717) is 43.6 Å². The number of aromatic nitrogens is 3. The van der Waals surface area contributed by atoms with Gasteiger partial charge in [-0.25, -0.2) is 0 Å². The smallest absolute Gasteiger partial charge is 0.286 e. The maximum absolute atomic E-state index is 13.6. The number of nitrogens with one attached hydrogen (secondary N) is 1. The topological polar surface area (TPSA) is 89.5 Å². The third-order valence-corrected chi connectivity index (χ3v) is 5.53. The monoisotopic (exact) mass is 469 g/mol. The van der Waals surface area contributed by atoms with Crippen LogP contribution in [0.25, 0.3) is 11.3 Å². The van der Waals surface area contributed by atoms with Gasteiger partial charge in [0.25, 0.3) is 17.7 Å². The average Bonchev–Trinajstić information content (AvgIpc) is 2.85. The molecule has 10 heteroatoms. The summed E-state index contributed by atoms with van der Waals surface area (Å²) in [7, 11) is 1.55. The predicted molar refractivity (Wildman–Crippen MR) is 124 cm³/mol. The van der Waals surface area contributed by atoms with Crippen LogP contribution in [0.1, 0.15) is 28.5 Å². The molecule has 3 heterocycles. The number of hydrogen-bond donors (Lipinski definition) is 1. The first-order chi connectivity index (χ1) is 16.3. The van der Waals surface area contributed by atoms with Gasteiger partial charge in [0.2, 0.25) is 0 Å². The Morgan fingerprint density at radius 1 is 1.15 bits per heavy atom. The van der Waals surface area contributed by atoms with E-state index in [-0.39, 0.29) is 5.56 Å². The first-order valence-corrected chi connectivity index (χ1v) is 10.8. The maximum atomic E-state index is 13.6. The van der Waals surface area contributed by atoms with Crippen LogP contribution < -0.4 is 15.0 Å². The van der Waals surface area contributed by atoms with Crippen molar-refractivity contribution in [3.05, 3.63) is 59.4 Å². The predicted octanol–water partition coefficient (Wildman–Crippen LogP) is 4.06. The lowest BCUT2D eigenvalue weighted by Gasteiger charge is -2.29. The summed E-state index contributed by atoms with van der Waals surface area (Å²) in [6.07, 6.45) is 1.20. The van der Waals surface area contributed by atoms with Crippen molar-refractivity contribution in [2.24, 2.45) is 0 Å². The van der Waals surface area contributed by atoms with Crippen molar-refractivity contribution in [2.75, 3.05) is 43.6 Å². The van der Waals surface area contributed by atoms with Crippen LogP contribution in [0.15, 0.2) is 42.6 Å². The number of hydrogen-bond acceptors (Lipinski definition) is 7. The quantitative estimate of drug-likeness (QED) is 0.582. The number of ether oxygens (including phenoxy) is 2. The van der Waals surface area contributed by atoms with Crippen molar-refractivity contribution in [2.45, 2.75) is 19.8 Å². The van der Waals surface area contributed by atoms with E-state index in [2.05, 4.69) is 25.4 Å². The number of nitrogens with zero attached hydrogens (tertiary/aromatic N) is 4. The van der Waals surface area contributed by atoms with Crippen LogP contribution in [0.2, 0.25) is 0 Å². The van der Waals surface area contributed by atoms with Crippen molar-refractivity contribution >= 4 is 17.3 Å². The number of benzene rings is 1. The molecule has 4 rings (SSSR count). The summed E-state index contributed by atoms with van der Waals surface area (Å²) in [6, 6.07) is 9.76. The van der Waals surface area contributed by atoms with Gasteiger partial charge in [0.15, 0.2) is 0 Å². The first-order valence-electron chi connectivity index (χ1n) is 10.8. The summed E-state index contributed by atoms with van der Waals surface area (Å²) >= 11 is 0. The van der Waals surface area contributed by atoms with E-state index in [1.165, 1.54) is 12.3 Å². The third kappa shape index (κ3) is 5.12. The zero-order valence-electron chi connectivity index (χ0n) is 19.1. The maximum Gasteiger partial charge on any atom is 0.286 e. The van der Waals surface area contributed by atoms with Gasteiger partial charge < -0.3 is 19.7 Å². The normalized spacial score (nSPS) is 14.1. The van der Waals surface area contributed by atoms with Crippen LogP contribution in [-0.2, 0) is 10.7 Å². The molecule has 2 aromatic heterocycles. The van der Waals surface area contributed by atoms with E-state index in [4.69, 9.17) is 9.47 Å². The van der Waals surface area contributed by atoms with Gasteiger partial charge in [0, 0.05) is 43.0 Å². The lowest BCUT2D eigenvalue weighted by atomic mass is 10.0. The van der Waals surface area contributed by atoms with Gasteiger partial charge in [-0.3, -0.25) is 9.78 Å². The molecule has 3 aromatic rings. The van der Waals surface area contributed by atoms with Crippen LogP contribution >= 0.6 is 0 Å². The highest BCUT2D eigenvalue weighted by Crippen LogP contribution is 2.33. The Labute approximate surface area is 195 Å². The molecule has 1 aromatic carbocycles. The molecule has 178 valence electrons. The molecule has 0 unspecified atom stereocenters. The first kappa shape index (κ1) is 23.5. The fourth-order valence-electron chi connectivity index (χ4n) is 3.67. The van der Waals surface area contributed by atoms with E-state index < -0.39 is 17.5 Å². The van der Waals surface area contributed by atoms with Gasteiger partial charge in [0.1, 0.15) is 11.4 Å². The number of morpholine rings is 1. The number of halogens is 2. The molecule has 0 atom stereocenters. The summed E-state index contributed by atoms with van der Waals surface area (Å²) in [4.78, 5) is 18.5. The van der Waals surface area contributed by atoms with Crippen LogP contribution in [0.3, 0.4) is 0 Å². The minimum Gasteiger partial charge on any atom is -0.478 e. The van der Waals surface area contributed by atoms with Crippen LogP contribution in [0.4, 0.5) is 20.2 Å². The second-order valence-electron chi connectivity index (χ2n) is 8.03. The summed E-state index contributed by atoms with van der Waals surface area (Å²) in [5.41, 5.74) is 3.27. The number of aryl methyl sites for hydroxylation is 1. The molecule has 0 radical (unpaired) electrons. The molecular weight excluding hydrogens is 444 g/mol. The van der Waals surface area contributed by atoms with E-state index in [1.54, 1.807) is 19.2 Å². The fraction of sp³-hybridized carbons (Fsp3) is 0.333. The molecule has 1 aliphatic heterocycles. The van der Waals surface area contributed by atoms with Gasteiger partial charge in [-0.05, 0) is 42.8 Å². The number of alkyl halides is 2. The summed E-state index contributed by atoms with van der Waals surface area (Å²) in [6.45, 7) is 5.32. The van der Waals surface area contributed by atoms with Gasteiger partial charge in [-0.15, -0.1) is 10.2 Å². The Morgan fingerprint density at radius 3 is 2.62 bits per heavy atom. The number of methoxy groups -OCH3 is 1. The molecule has 8 nitrogen and oxygen atoms in total. The van der Waals surface area contributed by atoms with Crippen molar-refractivity contribution in [3.8, 4) is 17.1 Å². The van der Waals surface area contributed by atoms with Crippen molar-refractivity contribution in [3.63, 3.8) is 0 Å². The minimum absolute atomic E-state index is 0.0903. The van der Waals surface area contributed by atoms with E-state index in [0.717, 1.165) is 29.8 Å². The second-order valence-corrected chi connectivity index (χ2v) is 8.03. The largest absolute Gasteiger partial charge is 0.478 e. The van der Waals surface area contributed by atoms with E-state index in [1.807, 2.05) is 19.1 Å². The van der Waals surface area contributed by atoms with E-state index >= 15 is 0 Å². The average molecular weight is 469 g/mol. The molecule has 1 saturated heterocycles. The van der Waals surface area contributed by atoms with Crippen molar-refractivity contribution in [1.82, 2.24) is 15.2 Å². The lowest BCUT2D eigenvalue weighted by Crippen LogP contribution is -2.36. The van der Waals surface area contributed by atoms with Crippen LogP contribution in [0, 0.1) is 6.92 Å². The Balaban J connectivity index is 1.62. The molecule has 0 bridgehead atoms. The SMILES string of the molecule is COc1nnc(-c2cc(NC(=O)c3ccnc(C(C)(F)F)c3)ccc2C)cc1N1CCOCC1. The molecule has 34 heavy (non-hydrogen) atoms. The number of rotatable bonds is 6. The number of carbonyl (C=O) groups excluding carboxylic acids is 1. The zero-order valence-corrected chi connectivity index (χ0v) is 19.1. The molecule has 0 saturated carbocycles. The number of pyridine rings is 1. The van der Waals surface area contributed by atoms with Crippen molar-refractivity contribution < 1.29 is 23.0 Å². The highest BCUT2D eigenvalue weighted by atomic mass is 19.3. The van der Waals surface area contributed by atoms with Crippen molar-refractivity contribution in [1.29, 1.82) is 0 Å². The Morgan fingerprint density at radius 2 is 1.91 bits per heavy atom. The third-order valence-electron chi connectivity index (χ3n) is 5.53. The standard InChI is InChI=1S/C24H25F2N5O3/c1-15-4-5-17(28-22(32)16-6-7-27-21(12-16)24(2,25)26)13-18(15)19-14-20(23(33-3)30-29-19)31-8-10-34-11-9-31/h4-7,12-14H,8-11H2,1-3H3,(H,28,32).